The van der Waals surface area contributed by atoms with Gasteiger partial charge in [0.1, 0.15) is 6.10 Å². The zero-order chi connectivity index (χ0) is 15.7. The average Bonchev–Trinajstić information content (AvgIpc) is 2.62. The zero-order valence-electron chi connectivity index (χ0n) is 13.7. The zero-order valence-corrected chi connectivity index (χ0v) is 13.7. The second-order valence-corrected chi connectivity index (χ2v) is 6.90. The molecule has 2 atom stereocenters. The van der Waals surface area contributed by atoms with Crippen LogP contribution in [-0.4, -0.2) is 18.5 Å². The van der Waals surface area contributed by atoms with E-state index in [-0.39, 0.29) is 12.0 Å². The van der Waals surface area contributed by atoms with Crippen LogP contribution < -0.4 is 0 Å². The predicted octanol–water partition coefficient (Wildman–Crippen LogP) is 4.95. The second-order valence-electron chi connectivity index (χ2n) is 6.90. The van der Waals surface area contributed by atoms with Crippen LogP contribution in [0.3, 0.4) is 0 Å². The lowest BCUT2D eigenvalue weighted by atomic mass is 9.92. The van der Waals surface area contributed by atoms with Gasteiger partial charge in [-0.1, -0.05) is 55.8 Å². The molecule has 122 valence electrons. The Kier molecular flexibility index (Phi) is 4.10. The first-order valence-corrected chi connectivity index (χ1v) is 8.73. The molecule has 1 saturated heterocycles. The van der Waals surface area contributed by atoms with Gasteiger partial charge in [-0.05, 0) is 29.2 Å². The van der Waals surface area contributed by atoms with Crippen LogP contribution in [0, 0.1) is 0 Å². The van der Waals surface area contributed by atoms with Gasteiger partial charge in [0, 0.05) is 18.8 Å². The van der Waals surface area contributed by atoms with Crippen LogP contribution in [0.25, 0.3) is 10.8 Å². The van der Waals surface area contributed by atoms with Crippen molar-refractivity contribution in [2.45, 2.75) is 56.8 Å². The molecule has 2 fully saturated rings. The highest BCUT2D eigenvalue weighted by Crippen LogP contribution is 2.38. The Hall–Kier alpha value is -1.42. The van der Waals surface area contributed by atoms with Crippen molar-refractivity contribution in [3.63, 3.8) is 0 Å². The molecule has 1 aliphatic heterocycles. The van der Waals surface area contributed by atoms with Crippen LogP contribution >= 0.6 is 0 Å². The van der Waals surface area contributed by atoms with Crippen LogP contribution in [0.5, 0.6) is 0 Å². The SMILES string of the molecule is CC(c1ccc2ccccc2c1)C1COC2(CCCCC2)OO1. The Morgan fingerprint density at radius 1 is 1.00 bits per heavy atom. The monoisotopic (exact) mass is 312 g/mol. The Labute approximate surface area is 137 Å². The van der Waals surface area contributed by atoms with Crippen molar-refractivity contribution in [1.82, 2.24) is 0 Å². The van der Waals surface area contributed by atoms with E-state index in [1.807, 2.05) is 0 Å². The van der Waals surface area contributed by atoms with Crippen LogP contribution in [0.2, 0.25) is 0 Å². The molecule has 3 nitrogen and oxygen atoms in total. The van der Waals surface area contributed by atoms with Gasteiger partial charge in [-0.15, -0.1) is 0 Å². The molecule has 0 bridgehead atoms. The molecule has 0 aromatic heterocycles. The Balaban J connectivity index is 1.47. The lowest BCUT2D eigenvalue weighted by Crippen LogP contribution is -2.47. The summed E-state index contributed by atoms with van der Waals surface area (Å²) in [6.45, 7) is 2.79. The molecule has 23 heavy (non-hydrogen) atoms. The molecule has 0 radical (unpaired) electrons. The summed E-state index contributed by atoms with van der Waals surface area (Å²) in [7, 11) is 0. The van der Waals surface area contributed by atoms with Crippen LogP contribution in [-0.2, 0) is 14.5 Å². The van der Waals surface area contributed by atoms with E-state index in [1.54, 1.807) is 0 Å². The summed E-state index contributed by atoms with van der Waals surface area (Å²) < 4.78 is 6.10. The number of fused-ring (bicyclic) bond motifs is 1. The number of ether oxygens (including phenoxy) is 1. The molecule has 1 saturated carbocycles. The Bertz CT molecular complexity index is 665. The summed E-state index contributed by atoms with van der Waals surface area (Å²) >= 11 is 0. The molecule has 1 aliphatic carbocycles. The third kappa shape index (κ3) is 3.01. The fraction of sp³-hybridized carbons (Fsp3) is 0.500. The van der Waals surface area contributed by atoms with Crippen LogP contribution in [0.15, 0.2) is 42.5 Å². The van der Waals surface area contributed by atoms with Gasteiger partial charge in [-0.2, -0.15) is 0 Å². The lowest BCUT2D eigenvalue weighted by Gasteiger charge is -2.42. The van der Waals surface area contributed by atoms with Gasteiger partial charge in [0.25, 0.3) is 0 Å². The van der Waals surface area contributed by atoms with Crippen molar-refractivity contribution >= 4 is 10.8 Å². The maximum absolute atomic E-state index is 6.10. The molecule has 0 N–H and O–H groups in total. The van der Waals surface area contributed by atoms with Gasteiger partial charge in [0.15, 0.2) is 0 Å². The van der Waals surface area contributed by atoms with Gasteiger partial charge in [0.2, 0.25) is 5.79 Å². The minimum absolute atomic E-state index is 0.0521. The fourth-order valence-corrected chi connectivity index (χ4v) is 3.69. The van der Waals surface area contributed by atoms with E-state index in [2.05, 4.69) is 49.4 Å². The summed E-state index contributed by atoms with van der Waals surface area (Å²) in [6, 6.07) is 15.0. The topological polar surface area (TPSA) is 27.7 Å². The molecule has 2 aliphatic rings. The minimum atomic E-state index is -0.474. The summed E-state index contributed by atoms with van der Waals surface area (Å²) in [5.74, 6) is -0.238. The van der Waals surface area contributed by atoms with E-state index in [4.69, 9.17) is 14.5 Å². The molecule has 3 heteroatoms. The van der Waals surface area contributed by atoms with Crippen molar-refractivity contribution in [3.05, 3.63) is 48.0 Å². The maximum atomic E-state index is 6.10. The predicted molar refractivity (Wildman–Crippen MR) is 90.1 cm³/mol. The van der Waals surface area contributed by atoms with Gasteiger partial charge in [0.05, 0.1) is 6.61 Å². The van der Waals surface area contributed by atoms with E-state index in [0.29, 0.717) is 6.61 Å². The summed E-state index contributed by atoms with van der Waals surface area (Å²) in [5.41, 5.74) is 1.26. The van der Waals surface area contributed by atoms with Crippen molar-refractivity contribution in [1.29, 1.82) is 0 Å². The van der Waals surface area contributed by atoms with Gasteiger partial charge in [-0.25, -0.2) is 9.78 Å². The van der Waals surface area contributed by atoms with Gasteiger partial charge in [-0.3, -0.25) is 0 Å². The van der Waals surface area contributed by atoms with Gasteiger partial charge < -0.3 is 4.74 Å². The van der Waals surface area contributed by atoms with Crippen molar-refractivity contribution in [2.75, 3.05) is 6.61 Å². The summed E-state index contributed by atoms with van der Waals surface area (Å²) in [6.07, 6.45) is 5.44. The largest absolute Gasteiger partial charge is 0.344 e. The van der Waals surface area contributed by atoms with E-state index < -0.39 is 5.79 Å². The normalized spacial score (nSPS) is 25.5. The maximum Gasteiger partial charge on any atom is 0.201 e. The molecule has 1 spiro atoms. The molecule has 1 heterocycles. The van der Waals surface area contributed by atoms with E-state index >= 15 is 0 Å². The lowest BCUT2D eigenvalue weighted by molar-refractivity contribution is -0.493. The standard InChI is InChI=1S/C20H24O3/c1-15(17-10-9-16-7-3-4-8-18(16)13-17)19-14-21-20(23-22-19)11-5-2-6-12-20/h3-4,7-10,13,15,19H,2,5-6,11-12,14H2,1H3. The molecule has 0 amide bonds. The number of hydrogen-bond acceptors (Lipinski definition) is 3. The molecular formula is C20H24O3. The molecule has 4 rings (SSSR count). The van der Waals surface area contributed by atoms with Crippen molar-refractivity contribution in [2.24, 2.45) is 0 Å². The third-order valence-electron chi connectivity index (χ3n) is 5.31. The first-order valence-electron chi connectivity index (χ1n) is 8.73. The fourth-order valence-electron chi connectivity index (χ4n) is 3.69. The minimum Gasteiger partial charge on any atom is -0.344 e. The second kappa shape index (κ2) is 6.23. The smallest absolute Gasteiger partial charge is 0.201 e. The Morgan fingerprint density at radius 2 is 1.78 bits per heavy atom. The highest BCUT2D eigenvalue weighted by atomic mass is 17.2. The van der Waals surface area contributed by atoms with Crippen molar-refractivity contribution in [3.8, 4) is 0 Å². The third-order valence-corrected chi connectivity index (χ3v) is 5.31. The number of rotatable bonds is 2. The van der Waals surface area contributed by atoms with Gasteiger partial charge >= 0.3 is 0 Å². The molecular weight excluding hydrogens is 288 g/mol. The van der Waals surface area contributed by atoms with Crippen LogP contribution in [0.1, 0.15) is 50.5 Å². The summed E-state index contributed by atoms with van der Waals surface area (Å²) in [5, 5.41) is 2.53. The average molecular weight is 312 g/mol. The van der Waals surface area contributed by atoms with E-state index in [9.17, 15) is 0 Å². The number of benzene rings is 2. The summed E-state index contributed by atoms with van der Waals surface area (Å²) in [4.78, 5) is 11.5. The quantitative estimate of drug-likeness (QED) is 0.734. The Morgan fingerprint density at radius 3 is 2.52 bits per heavy atom. The highest BCUT2D eigenvalue weighted by Gasteiger charge is 2.41. The first-order chi connectivity index (χ1) is 11.3. The van der Waals surface area contributed by atoms with E-state index in [1.165, 1.54) is 22.8 Å². The molecule has 2 unspecified atom stereocenters. The first kappa shape index (κ1) is 15.1. The molecule has 2 aromatic rings. The molecule has 2 aromatic carbocycles. The van der Waals surface area contributed by atoms with Crippen molar-refractivity contribution < 1.29 is 14.5 Å². The van der Waals surface area contributed by atoms with Crippen LogP contribution in [0.4, 0.5) is 0 Å². The highest BCUT2D eigenvalue weighted by molar-refractivity contribution is 5.83. The van der Waals surface area contributed by atoms with E-state index in [0.717, 1.165) is 25.7 Å². The number of hydrogen-bond donors (Lipinski definition) is 0.